The third-order valence-corrected chi connectivity index (χ3v) is 6.19. The van der Waals surface area contributed by atoms with E-state index in [2.05, 4.69) is 15.6 Å². The van der Waals surface area contributed by atoms with E-state index in [1.165, 1.54) is 18.3 Å². The second-order valence-electron chi connectivity index (χ2n) is 8.07. The highest BCUT2D eigenvalue weighted by molar-refractivity contribution is 6.30. The zero-order valence-corrected chi connectivity index (χ0v) is 18.2. The van der Waals surface area contributed by atoms with Crippen LogP contribution in [0.5, 0.6) is 0 Å². The Hall–Kier alpha value is -3.20. The van der Waals surface area contributed by atoms with Crippen molar-refractivity contribution in [1.29, 1.82) is 0 Å². The average molecular weight is 460 g/mol. The maximum Gasteiger partial charge on any atom is 0.322 e. The van der Waals surface area contributed by atoms with E-state index in [-0.39, 0.29) is 24.8 Å². The molecule has 3 heterocycles. The predicted octanol–water partition coefficient (Wildman–Crippen LogP) is 2.43. The molecule has 0 aliphatic carbocycles. The maximum absolute atomic E-state index is 13.8. The minimum atomic E-state index is -1.33. The number of benzene rings is 1. The van der Waals surface area contributed by atoms with E-state index in [0.29, 0.717) is 35.9 Å². The fourth-order valence-corrected chi connectivity index (χ4v) is 4.57. The normalized spacial score (nSPS) is 23.2. The van der Waals surface area contributed by atoms with Gasteiger partial charge in [0.2, 0.25) is 5.91 Å². The molecule has 2 aliphatic heterocycles. The Bertz CT molecular complexity index is 1030. The number of carbonyl (C=O) groups is 3. The van der Waals surface area contributed by atoms with Crippen molar-refractivity contribution in [2.75, 3.05) is 24.5 Å². The summed E-state index contributed by atoms with van der Waals surface area (Å²) in [5, 5.41) is 5.26. The summed E-state index contributed by atoms with van der Waals surface area (Å²) in [4.78, 5) is 45.2. The second kappa shape index (κ2) is 8.74. The molecule has 32 heavy (non-hydrogen) atoms. The van der Waals surface area contributed by atoms with Crippen LogP contribution >= 0.6 is 11.6 Å². The Morgan fingerprint density at radius 3 is 2.75 bits per heavy atom. The van der Waals surface area contributed by atoms with Crippen LogP contribution in [0.4, 0.5) is 14.9 Å². The Labute approximate surface area is 189 Å². The molecule has 1 aromatic heterocycles. The number of pyridine rings is 1. The van der Waals surface area contributed by atoms with Gasteiger partial charge in [-0.3, -0.25) is 19.9 Å². The molecule has 1 aromatic carbocycles. The van der Waals surface area contributed by atoms with Crippen molar-refractivity contribution in [3.8, 4) is 0 Å². The van der Waals surface area contributed by atoms with Crippen molar-refractivity contribution >= 4 is 35.1 Å². The first-order chi connectivity index (χ1) is 15.3. The molecule has 2 aliphatic rings. The molecule has 168 valence electrons. The third-order valence-electron chi connectivity index (χ3n) is 5.97. The van der Waals surface area contributed by atoms with E-state index in [4.69, 9.17) is 11.6 Å². The number of imide groups is 1. The van der Waals surface area contributed by atoms with Gasteiger partial charge in [-0.2, -0.15) is 0 Å². The van der Waals surface area contributed by atoms with Gasteiger partial charge in [-0.1, -0.05) is 17.7 Å². The zero-order valence-electron chi connectivity index (χ0n) is 17.5. The molecule has 0 spiro atoms. The summed E-state index contributed by atoms with van der Waals surface area (Å²) in [6.07, 6.45) is 3.27. The van der Waals surface area contributed by atoms with Gasteiger partial charge >= 0.3 is 6.03 Å². The van der Waals surface area contributed by atoms with Crippen LogP contribution in [0.15, 0.2) is 42.7 Å². The van der Waals surface area contributed by atoms with E-state index >= 15 is 0 Å². The van der Waals surface area contributed by atoms with Crippen LogP contribution < -0.4 is 15.5 Å². The van der Waals surface area contributed by atoms with Crippen LogP contribution in [0.2, 0.25) is 5.02 Å². The number of anilines is 1. The molecule has 2 atom stereocenters. The van der Waals surface area contributed by atoms with Gasteiger partial charge in [0.05, 0.1) is 0 Å². The number of hydrogen-bond donors (Lipinski definition) is 2. The first-order valence-electron chi connectivity index (χ1n) is 10.3. The molecule has 0 radical (unpaired) electrons. The quantitative estimate of drug-likeness (QED) is 0.670. The summed E-state index contributed by atoms with van der Waals surface area (Å²) in [5.41, 5.74) is -0.125. The minimum Gasteiger partial charge on any atom is -0.365 e. The minimum absolute atomic E-state index is 0.0488. The van der Waals surface area contributed by atoms with Gasteiger partial charge in [0.25, 0.3) is 5.91 Å². The van der Waals surface area contributed by atoms with E-state index in [1.807, 2.05) is 11.8 Å². The molecular formula is C22H23ClFN5O3. The first-order valence-corrected chi connectivity index (χ1v) is 10.7. The average Bonchev–Trinajstić information content (AvgIpc) is 3.05. The molecule has 4 amide bonds. The molecular weight excluding hydrogens is 437 g/mol. The van der Waals surface area contributed by atoms with E-state index < -0.39 is 23.3 Å². The lowest BCUT2D eigenvalue weighted by atomic mass is 9.86. The topological polar surface area (TPSA) is 94.6 Å². The summed E-state index contributed by atoms with van der Waals surface area (Å²) >= 11 is 5.99. The Morgan fingerprint density at radius 2 is 2.12 bits per heavy atom. The molecule has 4 rings (SSSR count). The fourth-order valence-electron chi connectivity index (χ4n) is 4.36. The molecule has 10 heteroatoms. The van der Waals surface area contributed by atoms with Crippen molar-refractivity contribution in [3.05, 3.63) is 59.1 Å². The molecule has 1 unspecified atom stereocenters. The number of nitrogens with zero attached hydrogens (tertiary/aromatic N) is 3. The van der Waals surface area contributed by atoms with Crippen molar-refractivity contribution in [2.24, 2.45) is 0 Å². The molecule has 0 saturated carbocycles. The van der Waals surface area contributed by atoms with Crippen molar-refractivity contribution in [1.82, 2.24) is 20.5 Å². The highest BCUT2D eigenvalue weighted by atomic mass is 35.5. The largest absolute Gasteiger partial charge is 0.365 e. The van der Waals surface area contributed by atoms with Crippen LogP contribution in [0.25, 0.3) is 0 Å². The highest BCUT2D eigenvalue weighted by Crippen LogP contribution is 2.30. The summed E-state index contributed by atoms with van der Waals surface area (Å²) in [5.74, 6) is -1.02. The van der Waals surface area contributed by atoms with Gasteiger partial charge in [0, 0.05) is 60.8 Å². The Morgan fingerprint density at radius 1 is 1.31 bits per heavy atom. The van der Waals surface area contributed by atoms with Gasteiger partial charge in [0.15, 0.2) is 0 Å². The van der Waals surface area contributed by atoms with E-state index in [1.54, 1.807) is 29.3 Å². The number of rotatable bonds is 5. The number of hydrogen-bond acceptors (Lipinski definition) is 5. The summed E-state index contributed by atoms with van der Waals surface area (Å²) < 4.78 is 13.8. The lowest BCUT2D eigenvalue weighted by molar-refractivity contribution is -0.133. The Kier molecular flexibility index (Phi) is 6.01. The summed E-state index contributed by atoms with van der Waals surface area (Å²) in [6, 6.07) is 7.13. The van der Waals surface area contributed by atoms with Crippen molar-refractivity contribution in [2.45, 2.75) is 31.3 Å². The van der Waals surface area contributed by atoms with Gasteiger partial charge < -0.3 is 15.1 Å². The Balaban J connectivity index is 1.43. The highest BCUT2D eigenvalue weighted by Gasteiger charge is 2.48. The van der Waals surface area contributed by atoms with Crippen molar-refractivity contribution < 1.29 is 18.8 Å². The predicted molar refractivity (Wildman–Crippen MR) is 117 cm³/mol. The summed E-state index contributed by atoms with van der Waals surface area (Å²) in [7, 11) is 0. The van der Waals surface area contributed by atoms with Gasteiger partial charge in [-0.15, -0.1) is 0 Å². The lowest BCUT2D eigenvalue weighted by Gasteiger charge is -2.41. The van der Waals surface area contributed by atoms with Gasteiger partial charge in [-0.05, 0) is 37.6 Å². The molecule has 0 bridgehead atoms. The molecule has 2 N–H and O–H groups in total. The SMILES string of the molecule is C[C@H]1CN(C(=O)CCC2(c3cccnc3)NC(=O)NC2=O)CCN1c1cc(F)cc(Cl)c1. The monoisotopic (exact) mass is 459 g/mol. The smallest absolute Gasteiger partial charge is 0.322 e. The number of piperazine rings is 1. The van der Waals surface area contributed by atoms with Crippen LogP contribution in [0, 0.1) is 5.82 Å². The zero-order chi connectivity index (χ0) is 22.9. The van der Waals surface area contributed by atoms with Gasteiger partial charge in [-0.25, -0.2) is 9.18 Å². The number of halogens is 2. The number of aromatic nitrogens is 1. The fraction of sp³-hybridized carbons (Fsp3) is 0.364. The number of carbonyl (C=O) groups excluding carboxylic acids is 3. The van der Waals surface area contributed by atoms with Crippen LogP contribution in [0.3, 0.4) is 0 Å². The van der Waals surface area contributed by atoms with Crippen molar-refractivity contribution in [3.63, 3.8) is 0 Å². The molecule has 2 fully saturated rings. The van der Waals surface area contributed by atoms with Crippen LogP contribution in [-0.2, 0) is 15.1 Å². The number of nitrogens with one attached hydrogen (secondary N) is 2. The standard InChI is InChI=1S/C22H23ClFN5O3/c1-14-13-28(7-8-29(14)18-10-16(23)9-17(24)11-18)19(30)4-5-22(15-3-2-6-25-12-15)20(31)26-21(32)27-22/h2-3,6,9-12,14H,4-5,7-8,13H2,1H3,(H2,26,27,31,32)/t14-,22?/m0/s1. The number of amides is 4. The summed E-state index contributed by atoms with van der Waals surface area (Å²) in [6.45, 7) is 3.39. The maximum atomic E-state index is 13.8. The molecule has 2 saturated heterocycles. The second-order valence-corrected chi connectivity index (χ2v) is 8.50. The van der Waals surface area contributed by atoms with E-state index in [9.17, 15) is 18.8 Å². The van der Waals surface area contributed by atoms with Gasteiger partial charge in [0.1, 0.15) is 11.4 Å². The lowest BCUT2D eigenvalue weighted by Crippen LogP contribution is -2.54. The van der Waals surface area contributed by atoms with Crippen LogP contribution in [-0.4, -0.2) is 53.4 Å². The van der Waals surface area contributed by atoms with E-state index in [0.717, 1.165) is 0 Å². The number of urea groups is 1. The third kappa shape index (κ3) is 4.25. The first kappa shape index (κ1) is 22.0. The molecule has 8 nitrogen and oxygen atoms in total. The van der Waals surface area contributed by atoms with Crippen LogP contribution in [0.1, 0.15) is 25.3 Å². The molecule has 2 aromatic rings.